The minimum Gasteiger partial charge on any atom is -0.415 e. The zero-order valence-electron chi connectivity index (χ0n) is 48.1. The summed E-state index contributed by atoms with van der Waals surface area (Å²) >= 11 is 1.89. The van der Waals surface area contributed by atoms with Crippen molar-refractivity contribution < 1.29 is 52.0 Å². The normalized spacial score (nSPS) is 18.2. The van der Waals surface area contributed by atoms with Crippen molar-refractivity contribution in [3.05, 3.63) is 96.6 Å². The number of unbranched alkanes of at least 4 members (excludes halogenated alkanes) is 4. The Labute approximate surface area is 506 Å². The van der Waals surface area contributed by atoms with Crippen molar-refractivity contribution in [3.63, 3.8) is 0 Å². The molecule has 10 N–H and O–H groups in total. The fourth-order valence-electron chi connectivity index (χ4n) is 10.0. The summed E-state index contributed by atoms with van der Waals surface area (Å²) in [5.74, 6) is -0.540. The molecule has 0 spiro atoms. The molecule has 0 aromatic heterocycles. The van der Waals surface area contributed by atoms with Crippen LogP contribution in [0, 0.1) is 0 Å². The number of nitrogens with zero attached hydrogens (tertiary/aromatic N) is 1. The van der Waals surface area contributed by atoms with Gasteiger partial charge in [0.25, 0.3) is 0 Å². The number of carbonyl (C=O) groups is 8. The van der Waals surface area contributed by atoms with Crippen LogP contribution >= 0.6 is 40.9 Å². The van der Waals surface area contributed by atoms with E-state index >= 15 is 4.57 Å². The minimum atomic E-state index is -4.26. The first-order chi connectivity index (χ1) is 40.7. The number of thioether (sulfide) groups is 1. The van der Waals surface area contributed by atoms with Gasteiger partial charge in [-0.25, -0.2) is 9.36 Å². The van der Waals surface area contributed by atoms with E-state index in [4.69, 9.17) is 14.8 Å². The van der Waals surface area contributed by atoms with Crippen LogP contribution in [0.1, 0.15) is 115 Å². The number of rotatable bonds is 39. The van der Waals surface area contributed by atoms with E-state index in [-0.39, 0.29) is 86.0 Å². The van der Waals surface area contributed by atoms with Gasteiger partial charge in [0.05, 0.1) is 12.1 Å². The highest BCUT2D eigenvalue weighted by molar-refractivity contribution is 8.76. The van der Waals surface area contributed by atoms with Gasteiger partial charge in [-0.3, -0.25) is 33.6 Å². The molecule has 3 aliphatic rings. The molecule has 25 heteroatoms. The first-order valence-corrected chi connectivity index (χ1v) is 34.6. The van der Waals surface area contributed by atoms with Gasteiger partial charge in [0.15, 0.2) is 5.78 Å². The molecule has 3 aliphatic heterocycles. The van der Waals surface area contributed by atoms with Crippen LogP contribution in [0.2, 0.25) is 0 Å². The van der Waals surface area contributed by atoms with Crippen molar-refractivity contribution in [1.82, 2.24) is 47.4 Å². The molecule has 0 radical (unpaired) electrons. The van der Waals surface area contributed by atoms with Gasteiger partial charge in [0.2, 0.25) is 41.4 Å². The van der Waals surface area contributed by atoms with Gasteiger partial charge in [0, 0.05) is 80.8 Å². The van der Waals surface area contributed by atoms with Crippen LogP contribution in [-0.4, -0.2) is 144 Å². The molecule has 3 heterocycles. The van der Waals surface area contributed by atoms with Crippen LogP contribution in [0.15, 0.2) is 91.0 Å². The first kappa shape index (κ1) is 67.2. The number of nitrogens with one attached hydrogen (secondary N) is 8. The average Bonchev–Trinajstić information content (AvgIpc) is 3.91. The number of nitrogens with two attached hydrogens (primary N) is 1. The Morgan fingerprint density at radius 2 is 1.27 bits per heavy atom. The maximum atomic E-state index is 15.1. The number of hydrogen-bond acceptors (Lipinski definition) is 15. The number of urea groups is 1. The number of benzene rings is 3. The topological polar surface area (TPSA) is 298 Å². The summed E-state index contributed by atoms with van der Waals surface area (Å²) in [6.07, 6.45) is 8.75. The zero-order valence-corrected chi connectivity index (χ0v) is 51.4. The lowest BCUT2D eigenvalue weighted by Gasteiger charge is -2.32. The monoisotopic (exact) mass is 1240 g/mol. The second-order valence-corrected chi connectivity index (χ2v) is 27.2. The largest absolute Gasteiger partial charge is 0.453 e. The van der Waals surface area contributed by atoms with Crippen molar-refractivity contribution in [1.29, 1.82) is 0 Å². The van der Waals surface area contributed by atoms with Crippen molar-refractivity contribution in [2.24, 2.45) is 5.73 Å². The lowest BCUT2D eigenvalue weighted by molar-refractivity contribution is -0.141. The molecule has 3 aromatic rings. The number of likely N-dealkylation sites (tertiary alicyclic amines) is 1. The van der Waals surface area contributed by atoms with Gasteiger partial charge < -0.3 is 62.2 Å². The van der Waals surface area contributed by atoms with Gasteiger partial charge in [0.1, 0.15) is 29.6 Å². The maximum absolute atomic E-state index is 15.1. The third-order valence-electron chi connectivity index (χ3n) is 14.5. The third-order valence-corrected chi connectivity index (χ3v) is 20.4. The second-order valence-electron chi connectivity index (χ2n) is 21.1. The van der Waals surface area contributed by atoms with Gasteiger partial charge in [-0.2, -0.15) is 11.8 Å². The fourth-order valence-corrected chi connectivity index (χ4v) is 15.2. The Balaban J connectivity index is 0.832. The standard InChI is InChI=1S/C59H85N10O11PS3/c1-42(58(76)69-37-19-27-48(69)57(75)67-54(40-43-20-6-2-7-21-43)81(78,79-44-22-8-3-9-23-44)80-45-24-10-4-11-25-45)64-56(74)46(26-15-16-33-60)65-53(73)32-18-31-52(72)63-36-39-84-83-38-35-62-51(71)29-12-5-17-34-61-50(70)30-14-13-28-49-55-47(41-82-49)66-59(77)68-55/h2-4,6-11,20-25,42,46-49,54-55H,5,12-19,26-41,60H2,1H3,(H,61,70)(H,62,71)(H,63,72)(H,64,74)(H,65,73)(H,67,75)(H2,66,68,77)/t42-,46-,47-,48-,49-,54?,55-/m0/s1. The number of amides is 9. The van der Waals surface area contributed by atoms with Crippen molar-refractivity contribution in [3.8, 4) is 11.5 Å². The Bertz CT molecular complexity index is 2570. The minimum absolute atomic E-state index is 0.00255. The van der Waals surface area contributed by atoms with Crippen LogP contribution in [-0.2, 0) is 44.5 Å². The lowest BCUT2D eigenvalue weighted by Crippen LogP contribution is -2.56. The smallest absolute Gasteiger partial charge is 0.415 e. The molecule has 21 nitrogen and oxygen atoms in total. The molecule has 0 saturated carbocycles. The predicted octanol–water partition coefficient (Wildman–Crippen LogP) is 6.32. The molecule has 3 fully saturated rings. The summed E-state index contributed by atoms with van der Waals surface area (Å²) in [6, 6.07) is 23.6. The molecule has 3 saturated heterocycles. The van der Waals surface area contributed by atoms with E-state index in [1.54, 1.807) is 82.3 Å². The highest BCUT2D eigenvalue weighted by Gasteiger charge is 2.45. The molecule has 0 bridgehead atoms. The molecular weight excluding hydrogens is 1150 g/mol. The summed E-state index contributed by atoms with van der Waals surface area (Å²) in [5, 5.41) is 23.6. The maximum Gasteiger partial charge on any atom is 0.453 e. The van der Waals surface area contributed by atoms with E-state index in [9.17, 15) is 38.4 Å². The summed E-state index contributed by atoms with van der Waals surface area (Å²) in [5.41, 5.74) is 6.51. The number of fused-ring (bicyclic) bond motifs is 1. The van der Waals surface area contributed by atoms with Crippen LogP contribution in [0.5, 0.6) is 11.5 Å². The van der Waals surface area contributed by atoms with Crippen LogP contribution in [0.3, 0.4) is 0 Å². The van der Waals surface area contributed by atoms with Gasteiger partial charge >= 0.3 is 13.6 Å². The predicted molar refractivity (Wildman–Crippen MR) is 331 cm³/mol. The van der Waals surface area contributed by atoms with Crippen LogP contribution in [0.25, 0.3) is 0 Å². The number of hydrogen-bond donors (Lipinski definition) is 9. The molecule has 9 amide bonds. The molecule has 3 aromatic carbocycles. The number of para-hydroxylation sites is 2. The molecule has 460 valence electrons. The summed E-state index contributed by atoms with van der Waals surface area (Å²) < 4.78 is 27.4. The van der Waals surface area contributed by atoms with Crippen LogP contribution in [0.4, 0.5) is 4.79 Å². The fraction of sp³-hybridized carbons (Fsp3) is 0.559. The third kappa shape index (κ3) is 23.5. The van der Waals surface area contributed by atoms with Crippen LogP contribution < -0.4 is 57.3 Å². The Kier molecular flexibility index (Phi) is 29.4. The van der Waals surface area contributed by atoms with Crippen molar-refractivity contribution >= 4 is 88.3 Å². The summed E-state index contributed by atoms with van der Waals surface area (Å²) in [6.45, 7) is 3.71. The summed E-state index contributed by atoms with van der Waals surface area (Å²) in [7, 11) is -1.08. The molecule has 0 aliphatic carbocycles. The molecule has 1 unspecified atom stereocenters. The average molecular weight is 1240 g/mol. The molecule has 6 rings (SSSR count). The highest BCUT2D eigenvalue weighted by atomic mass is 33.1. The van der Waals surface area contributed by atoms with Gasteiger partial charge in [-0.05, 0) is 108 Å². The quantitative estimate of drug-likeness (QED) is 0.0131. The van der Waals surface area contributed by atoms with E-state index in [1.165, 1.54) is 11.8 Å². The second kappa shape index (κ2) is 36.8. The molecular formula is C59H85N10O11PS3. The van der Waals surface area contributed by atoms with E-state index in [1.807, 2.05) is 42.1 Å². The van der Waals surface area contributed by atoms with Crippen molar-refractivity contribution in [2.45, 2.75) is 157 Å². The lowest BCUT2D eigenvalue weighted by atomic mass is 10.0. The number of carbonyl (C=O) groups excluding carboxylic acids is 8. The van der Waals surface area contributed by atoms with E-state index < -0.39 is 55.1 Å². The van der Waals surface area contributed by atoms with Gasteiger partial charge in [-0.1, -0.05) is 101 Å². The van der Waals surface area contributed by atoms with E-state index in [2.05, 4.69) is 42.5 Å². The zero-order chi connectivity index (χ0) is 59.9. The van der Waals surface area contributed by atoms with E-state index in [0.29, 0.717) is 81.5 Å². The van der Waals surface area contributed by atoms with Gasteiger partial charge in [-0.15, -0.1) is 0 Å². The Morgan fingerprint density at radius 1 is 0.690 bits per heavy atom. The molecule has 84 heavy (non-hydrogen) atoms. The SMILES string of the molecule is C[C@H](NC(=O)[C@H](CCCCN)NC(=O)CCCC(=O)NCCSSCCNC(=O)CCCCCNC(=O)CCCC[C@@H]1SC[C@@H]2NC(=O)N[C@@H]21)C(=O)N1CCC[C@H]1C(=O)NC(Cc1ccccc1)P(=O)(Oc1ccccc1)Oc1ccccc1. The van der Waals surface area contributed by atoms with E-state index in [0.717, 1.165) is 49.8 Å². The summed E-state index contributed by atoms with van der Waals surface area (Å²) in [4.78, 5) is 106. The Morgan fingerprint density at radius 3 is 1.90 bits per heavy atom. The highest BCUT2D eigenvalue weighted by Crippen LogP contribution is 2.53. The van der Waals surface area contributed by atoms with Crippen molar-refractivity contribution in [2.75, 3.05) is 50.0 Å². The first-order valence-electron chi connectivity index (χ1n) is 29.5. The Hall–Kier alpha value is -5.94. The molecule has 7 atom stereocenters.